The Balaban J connectivity index is 0.00000117. The number of hydrogen-bond donors (Lipinski definition) is 5. The molecule has 2 aromatic rings. The molecule has 1 aromatic carbocycles. The molecule has 0 saturated heterocycles. The van der Waals surface area contributed by atoms with Gasteiger partial charge in [0.25, 0.3) is 5.91 Å². The zero-order valence-electron chi connectivity index (χ0n) is 24.1. The third-order valence-electron chi connectivity index (χ3n) is 5.95. The number of nitrogens with two attached hydrogens (primary N) is 1. The van der Waals surface area contributed by atoms with Crippen molar-refractivity contribution in [3.8, 4) is 0 Å². The van der Waals surface area contributed by atoms with E-state index in [2.05, 4.69) is 16.0 Å². The number of hydrogen-bond acceptors (Lipinski definition) is 8. The fraction of sp³-hybridized carbons (Fsp3) is 0.444. The van der Waals surface area contributed by atoms with E-state index in [4.69, 9.17) is 20.4 Å². The second kappa shape index (κ2) is 16.6. The van der Waals surface area contributed by atoms with Crippen LogP contribution in [0.25, 0.3) is 0 Å². The summed E-state index contributed by atoms with van der Waals surface area (Å²) in [5, 5.41) is 15.4. The first-order chi connectivity index (χ1) is 20.0. The van der Waals surface area contributed by atoms with Gasteiger partial charge < -0.3 is 31.5 Å². The molecule has 11 nitrogen and oxygen atoms in total. The SMILES string of the molecule is CCC(C(=O)Nc1sc(C(=O)NCCNC(=O)C(N)C(C)C)c(C)c1C(=O)OC)c1ccc(F)cc1.O=C(O)C(F)(F)F. The van der Waals surface area contributed by atoms with Crippen LogP contribution in [0, 0.1) is 18.7 Å². The third kappa shape index (κ3) is 10.9. The highest BCUT2D eigenvalue weighted by atomic mass is 32.1. The highest BCUT2D eigenvalue weighted by Crippen LogP contribution is 2.35. The van der Waals surface area contributed by atoms with Crippen LogP contribution in [-0.2, 0) is 19.1 Å². The zero-order chi connectivity index (χ0) is 33.1. The number of alkyl halides is 3. The molecule has 238 valence electrons. The summed E-state index contributed by atoms with van der Waals surface area (Å²) in [4.78, 5) is 59.4. The van der Waals surface area contributed by atoms with Gasteiger partial charge in [0.05, 0.1) is 29.5 Å². The summed E-state index contributed by atoms with van der Waals surface area (Å²) >= 11 is 0.953. The van der Waals surface area contributed by atoms with Crippen LogP contribution < -0.4 is 21.7 Å². The molecule has 43 heavy (non-hydrogen) atoms. The topological polar surface area (TPSA) is 177 Å². The van der Waals surface area contributed by atoms with E-state index in [-0.39, 0.29) is 40.4 Å². The average molecular weight is 635 g/mol. The first-order valence-electron chi connectivity index (χ1n) is 12.9. The van der Waals surface area contributed by atoms with Crippen molar-refractivity contribution < 1.29 is 51.4 Å². The van der Waals surface area contributed by atoms with Crippen molar-refractivity contribution in [2.24, 2.45) is 11.7 Å². The molecular weight excluding hydrogens is 600 g/mol. The largest absolute Gasteiger partial charge is 0.490 e. The van der Waals surface area contributed by atoms with Gasteiger partial charge in [-0.25, -0.2) is 14.0 Å². The van der Waals surface area contributed by atoms with Crippen LogP contribution in [0.15, 0.2) is 24.3 Å². The molecule has 0 aliphatic rings. The summed E-state index contributed by atoms with van der Waals surface area (Å²) in [6, 6.07) is 4.99. The molecule has 0 saturated carbocycles. The minimum atomic E-state index is -5.08. The summed E-state index contributed by atoms with van der Waals surface area (Å²) < 4.78 is 49.9. The Kier molecular flexibility index (Phi) is 14.2. The summed E-state index contributed by atoms with van der Waals surface area (Å²) in [5.74, 6) is -5.63. The van der Waals surface area contributed by atoms with Crippen LogP contribution in [-0.4, -0.2) is 67.2 Å². The summed E-state index contributed by atoms with van der Waals surface area (Å²) in [5.41, 5.74) is 6.87. The number of carboxylic acids is 1. The second-order valence-electron chi connectivity index (χ2n) is 9.37. The van der Waals surface area contributed by atoms with Crippen LogP contribution in [0.5, 0.6) is 0 Å². The summed E-state index contributed by atoms with van der Waals surface area (Å²) in [6.45, 7) is 7.41. The van der Waals surface area contributed by atoms with Gasteiger partial charge in [-0.15, -0.1) is 11.3 Å². The lowest BCUT2D eigenvalue weighted by atomic mass is 9.95. The van der Waals surface area contributed by atoms with Gasteiger partial charge in [-0.05, 0) is 42.5 Å². The van der Waals surface area contributed by atoms with Crippen molar-refractivity contribution in [1.82, 2.24) is 10.6 Å². The molecule has 16 heteroatoms. The molecule has 3 amide bonds. The molecule has 2 atom stereocenters. The number of aliphatic carboxylic acids is 1. The molecule has 1 aromatic heterocycles. The number of halogens is 4. The van der Waals surface area contributed by atoms with Gasteiger partial charge in [0.1, 0.15) is 10.8 Å². The highest BCUT2D eigenvalue weighted by Gasteiger charge is 2.38. The second-order valence-corrected chi connectivity index (χ2v) is 10.4. The molecule has 0 aliphatic heterocycles. The van der Waals surface area contributed by atoms with Crippen molar-refractivity contribution in [3.05, 3.63) is 51.7 Å². The number of nitrogens with one attached hydrogen (secondary N) is 3. The van der Waals surface area contributed by atoms with Crippen LogP contribution in [0.3, 0.4) is 0 Å². The van der Waals surface area contributed by atoms with E-state index in [1.807, 2.05) is 20.8 Å². The number of benzene rings is 1. The smallest absolute Gasteiger partial charge is 0.475 e. The Morgan fingerprint density at radius 3 is 2.02 bits per heavy atom. The number of amides is 3. The number of rotatable bonds is 11. The Bertz CT molecular complexity index is 1300. The van der Waals surface area contributed by atoms with E-state index < -0.39 is 47.7 Å². The maximum atomic E-state index is 13.3. The van der Waals surface area contributed by atoms with Gasteiger partial charge in [-0.2, -0.15) is 13.2 Å². The molecule has 6 N–H and O–H groups in total. The molecule has 0 radical (unpaired) electrons. The average Bonchev–Trinajstić information content (AvgIpc) is 3.26. The quantitative estimate of drug-likeness (QED) is 0.142. The molecule has 0 fully saturated rings. The minimum Gasteiger partial charge on any atom is -0.475 e. The van der Waals surface area contributed by atoms with Crippen molar-refractivity contribution >= 4 is 46.0 Å². The molecule has 2 unspecified atom stereocenters. The van der Waals surface area contributed by atoms with E-state index in [9.17, 15) is 36.7 Å². The lowest BCUT2D eigenvalue weighted by Crippen LogP contribution is -2.46. The van der Waals surface area contributed by atoms with Gasteiger partial charge in [-0.1, -0.05) is 32.9 Å². The Morgan fingerprint density at radius 1 is 1.02 bits per heavy atom. The van der Waals surface area contributed by atoms with E-state index in [0.717, 1.165) is 11.3 Å². The first-order valence-corrected chi connectivity index (χ1v) is 13.7. The lowest BCUT2D eigenvalue weighted by Gasteiger charge is -2.15. The fourth-order valence-electron chi connectivity index (χ4n) is 3.50. The minimum absolute atomic E-state index is 0.0194. The van der Waals surface area contributed by atoms with Gasteiger partial charge in [0.2, 0.25) is 11.8 Å². The number of methoxy groups -OCH3 is 1. The number of thiophene rings is 1. The number of carboxylic acid groups (broad SMARTS) is 1. The van der Waals surface area contributed by atoms with Crippen LogP contribution >= 0.6 is 11.3 Å². The van der Waals surface area contributed by atoms with Crippen LogP contribution in [0.4, 0.5) is 22.6 Å². The molecule has 1 heterocycles. The zero-order valence-corrected chi connectivity index (χ0v) is 24.9. The Morgan fingerprint density at radius 2 is 1.56 bits per heavy atom. The van der Waals surface area contributed by atoms with E-state index in [0.29, 0.717) is 17.5 Å². The molecule has 2 rings (SSSR count). The highest BCUT2D eigenvalue weighted by molar-refractivity contribution is 7.18. The van der Waals surface area contributed by atoms with Crippen molar-refractivity contribution in [2.75, 3.05) is 25.5 Å². The fourth-order valence-corrected chi connectivity index (χ4v) is 4.61. The third-order valence-corrected chi connectivity index (χ3v) is 7.16. The Hall–Kier alpha value is -4.05. The molecule has 0 bridgehead atoms. The maximum Gasteiger partial charge on any atom is 0.490 e. The van der Waals surface area contributed by atoms with Gasteiger partial charge in [0, 0.05) is 13.1 Å². The Labute approximate surface area is 249 Å². The van der Waals surface area contributed by atoms with E-state index in [1.54, 1.807) is 6.92 Å². The standard InChI is InChI=1S/C25H33FN4O5S.C2HF3O2/c1-6-17(15-7-9-16(26)10-8-15)21(31)30-24-18(25(34)35-5)14(4)20(36-24)23(33)29-12-11-28-22(32)19(27)13(2)3;3-2(4,5)1(6)7/h7-10,13,17,19H,6,11-12,27H2,1-5H3,(H,28,32)(H,29,33)(H,30,31);(H,6,7). The predicted molar refractivity (Wildman–Crippen MR) is 150 cm³/mol. The normalized spacial score (nSPS) is 12.3. The van der Waals surface area contributed by atoms with Crippen LogP contribution in [0.2, 0.25) is 0 Å². The summed E-state index contributed by atoms with van der Waals surface area (Å²) in [6.07, 6.45) is -4.64. The monoisotopic (exact) mass is 634 g/mol. The number of carbonyl (C=O) groups is 5. The van der Waals surface area contributed by atoms with Gasteiger partial charge in [0.15, 0.2) is 0 Å². The number of ether oxygens (including phenoxy) is 1. The number of carbonyl (C=O) groups excluding carboxylic acids is 4. The molecule has 0 aliphatic carbocycles. The number of anilines is 1. The molecular formula is C27H34F4N4O7S. The first kappa shape index (κ1) is 37.0. The molecule has 0 spiro atoms. The van der Waals surface area contributed by atoms with Gasteiger partial charge >= 0.3 is 18.1 Å². The maximum absolute atomic E-state index is 13.3. The number of esters is 1. The lowest BCUT2D eigenvalue weighted by molar-refractivity contribution is -0.192. The van der Waals surface area contributed by atoms with E-state index in [1.165, 1.54) is 31.4 Å². The van der Waals surface area contributed by atoms with Gasteiger partial charge in [-0.3, -0.25) is 14.4 Å². The predicted octanol–water partition coefficient (Wildman–Crippen LogP) is 3.58. The van der Waals surface area contributed by atoms with Crippen LogP contribution in [0.1, 0.15) is 64.3 Å². The van der Waals surface area contributed by atoms with E-state index >= 15 is 0 Å². The van der Waals surface area contributed by atoms with Crippen molar-refractivity contribution in [1.29, 1.82) is 0 Å². The van der Waals surface area contributed by atoms with Crippen molar-refractivity contribution in [3.63, 3.8) is 0 Å². The van der Waals surface area contributed by atoms with Crippen molar-refractivity contribution in [2.45, 2.75) is 52.3 Å². The summed E-state index contributed by atoms with van der Waals surface area (Å²) in [7, 11) is 1.21.